The van der Waals surface area contributed by atoms with Gasteiger partial charge in [-0.3, -0.25) is 14.9 Å². The molecule has 0 saturated heterocycles. The maximum absolute atomic E-state index is 12.8. The van der Waals surface area contributed by atoms with Crippen LogP contribution < -0.4 is 16.0 Å². The standard InChI is InChI=1S/C22H27ClN4O5/c1-22(2,3)32-21(29)26-18(14-15-8-10-16(23)11-9-15)20(28)25-13-12-24-17-6-4-5-7-19(17)27(30)31/h4-11,18,24H,12-14H2,1-3H3,(H,25,28)(H,26,29)/t18-/m1/s1. The summed E-state index contributed by atoms with van der Waals surface area (Å²) in [5, 5.41) is 19.9. The molecule has 0 unspecified atom stereocenters. The molecule has 0 bridgehead atoms. The summed E-state index contributed by atoms with van der Waals surface area (Å²) in [5.41, 5.74) is 0.408. The van der Waals surface area contributed by atoms with Gasteiger partial charge in [0.05, 0.1) is 4.92 Å². The Bertz CT molecular complexity index is 944. The lowest BCUT2D eigenvalue weighted by Gasteiger charge is -2.23. The lowest BCUT2D eigenvalue weighted by Crippen LogP contribution is -2.50. The summed E-state index contributed by atoms with van der Waals surface area (Å²) in [6, 6.07) is 12.3. The monoisotopic (exact) mass is 462 g/mol. The van der Waals surface area contributed by atoms with Crippen molar-refractivity contribution in [2.75, 3.05) is 18.4 Å². The third-order valence-corrected chi connectivity index (χ3v) is 4.45. The highest BCUT2D eigenvalue weighted by Crippen LogP contribution is 2.22. The first-order chi connectivity index (χ1) is 15.0. The van der Waals surface area contributed by atoms with Crippen molar-refractivity contribution in [3.63, 3.8) is 0 Å². The first kappa shape index (κ1) is 24.9. The molecule has 0 aliphatic heterocycles. The van der Waals surface area contributed by atoms with E-state index in [0.717, 1.165) is 5.56 Å². The van der Waals surface area contributed by atoms with Crippen molar-refractivity contribution in [3.05, 3.63) is 69.2 Å². The van der Waals surface area contributed by atoms with Crippen LogP contribution in [0.25, 0.3) is 0 Å². The molecule has 0 aliphatic rings. The van der Waals surface area contributed by atoms with Gasteiger partial charge in [0, 0.05) is 30.6 Å². The fourth-order valence-corrected chi connectivity index (χ4v) is 2.93. The number of rotatable bonds is 9. The zero-order valence-corrected chi connectivity index (χ0v) is 18.9. The number of hydrogen-bond donors (Lipinski definition) is 3. The molecule has 2 amide bonds. The highest BCUT2D eigenvalue weighted by molar-refractivity contribution is 6.30. The summed E-state index contributed by atoms with van der Waals surface area (Å²) >= 11 is 5.92. The van der Waals surface area contributed by atoms with Gasteiger partial charge < -0.3 is 20.7 Å². The molecule has 0 saturated carbocycles. The van der Waals surface area contributed by atoms with E-state index in [9.17, 15) is 19.7 Å². The second kappa shape index (κ2) is 11.3. The van der Waals surface area contributed by atoms with Crippen molar-refractivity contribution in [2.45, 2.75) is 38.8 Å². The molecule has 172 valence electrons. The lowest BCUT2D eigenvalue weighted by atomic mass is 10.1. The molecule has 3 N–H and O–H groups in total. The largest absolute Gasteiger partial charge is 0.444 e. The van der Waals surface area contributed by atoms with Crippen LogP contribution in [0, 0.1) is 10.1 Å². The minimum Gasteiger partial charge on any atom is -0.444 e. The second-order valence-electron chi connectivity index (χ2n) is 8.02. The molecule has 0 aliphatic carbocycles. The maximum atomic E-state index is 12.8. The van der Waals surface area contributed by atoms with Crippen LogP contribution in [-0.2, 0) is 16.0 Å². The minimum absolute atomic E-state index is 0.0500. The number of carbonyl (C=O) groups excluding carboxylic acids is 2. The van der Waals surface area contributed by atoms with E-state index in [0.29, 0.717) is 10.7 Å². The number of para-hydroxylation sites is 2. The Morgan fingerprint density at radius 2 is 1.75 bits per heavy atom. The van der Waals surface area contributed by atoms with Gasteiger partial charge in [0.15, 0.2) is 0 Å². The molecule has 0 radical (unpaired) electrons. The fourth-order valence-electron chi connectivity index (χ4n) is 2.80. The fraction of sp³-hybridized carbons (Fsp3) is 0.364. The number of hydrogen-bond acceptors (Lipinski definition) is 6. The Morgan fingerprint density at radius 1 is 1.09 bits per heavy atom. The zero-order chi connectivity index (χ0) is 23.7. The molecule has 2 rings (SSSR count). The number of nitrogens with zero attached hydrogens (tertiary/aromatic N) is 1. The van der Waals surface area contributed by atoms with Gasteiger partial charge in [0.25, 0.3) is 5.69 Å². The van der Waals surface area contributed by atoms with E-state index in [1.165, 1.54) is 6.07 Å². The number of benzene rings is 2. The highest BCUT2D eigenvalue weighted by Gasteiger charge is 2.24. The normalized spacial score (nSPS) is 11.9. The van der Waals surface area contributed by atoms with E-state index in [1.807, 2.05) is 0 Å². The number of nitro groups is 1. The zero-order valence-electron chi connectivity index (χ0n) is 18.2. The smallest absolute Gasteiger partial charge is 0.408 e. The average molecular weight is 463 g/mol. The first-order valence-corrected chi connectivity index (χ1v) is 10.4. The molecule has 1 atom stereocenters. The van der Waals surface area contributed by atoms with Crippen molar-refractivity contribution < 1.29 is 19.2 Å². The van der Waals surface area contributed by atoms with Crippen LogP contribution in [0.4, 0.5) is 16.2 Å². The van der Waals surface area contributed by atoms with E-state index in [4.69, 9.17) is 16.3 Å². The Morgan fingerprint density at radius 3 is 2.38 bits per heavy atom. The topological polar surface area (TPSA) is 123 Å². The molecule has 2 aromatic carbocycles. The number of nitro benzene ring substituents is 1. The summed E-state index contributed by atoms with van der Waals surface area (Å²) in [5.74, 6) is -0.407. The van der Waals surface area contributed by atoms with E-state index < -0.39 is 28.6 Å². The van der Waals surface area contributed by atoms with E-state index in [1.54, 1.807) is 63.2 Å². The molecular formula is C22H27ClN4O5. The van der Waals surface area contributed by atoms with Crippen LogP contribution in [0.2, 0.25) is 5.02 Å². The van der Waals surface area contributed by atoms with Crippen LogP contribution >= 0.6 is 11.6 Å². The van der Waals surface area contributed by atoms with Gasteiger partial charge in [0.2, 0.25) is 5.91 Å². The summed E-state index contributed by atoms with van der Waals surface area (Å²) in [6.45, 7) is 5.65. The van der Waals surface area contributed by atoms with Gasteiger partial charge in [-0.25, -0.2) is 4.79 Å². The van der Waals surface area contributed by atoms with Gasteiger partial charge >= 0.3 is 6.09 Å². The minimum atomic E-state index is -0.878. The molecule has 0 heterocycles. The van der Waals surface area contributed by atoms with Crippen LogP contribution in [0.1, 0.15) is 26.3 Å². The van der Waals surface area contributed by atoms with E-state index in [2.05, 4.69) is 16.0 Å². The van der Waals surface area contributed by atoms with Gasteiger partial charge in [-0.05, 0) is 44.5 Å². The van der Waals surface area contributed by atoms with Crippen molar-refractivity contribution in [1.29, 1.82) is 0 Å². The van der Waals surface area contributed by atoms with Gasteiger partial charge in [-0.2, -0.15) is 0 Å². The van der Waals surface area contributed by atoms with Gasteiger partial charge in [-0.1, -0.05) is 35.9 Å². The number of amides is 2. The third kappa shape index (κ3) is 8.43. The van der Waals surface area contributed by atoms with Crippen molar-refractivity contribution in [2.24, 2.45) is 0 Å². The lowest BCUT2D eigenvalue weighted by molar-refractivity contribution is -0.384. The Balaban J connectivity index is 1.98. The van der Waals surface area contributed by atoms with Crippen molar-refractivity contribution >= 4 is 35.0 Å². The quantitative estimate of drug-likeness (QED) is 0.295. The average Bonchev–Trinajstić information content (AvgIpc) is 2.71. The molecule has 0 aromatic heterocycles. The molecule has 10 heteroatoms. The van der Waals surface area contributed by atoms with Crippen LogP contribution in [0.5, 0.6) is 0 Å². The third-order valence-electron chi connectivity index (χ3n) is 4.20. The number of halogens is 1. The Labute approximate surface area is 191 Å². The molecule has 0 fully saturated rings. The van der Waals surface area contributed by atoms with E-state index in [-0.39, 0.29) is 25.2 Å². The molecule has 2 aromatic rings. The predicted octanol–water partition coefficient (Wildman–Crippen LogP) is 3.91. The van der Waals surface area contributed by atoms with Gasteiger partial charge in [0.1, 0.15) is 17.3 Å². The SMILES string of the molecule is CC(C)(C)OC(=O)N[C@H](Cc1ccc(Cl)cc1)C(=O)NCCNc1ccccc1[N+](=O)[O-]. The van der Waals surface area contributed by atoms with Crippen molar-refractivity contribution in [1.82, 2.24) is 10.6 Å². The Kier molecular flexibility index (Phi) is 8.83. The molecular weight excluding hydrogens is 436 g/mol. The highest BCUT2D eigenvalue weighted by atomic mass is 35.5. The van der Waals surface area contributed by atoms with E-state index >= 15 is 0 Å². The van der Waals surface area contributed by atoms with Crippen molar-refractivity contribution in [3.8, 4) is 0 Å². The van der Waals surface area contributed by atoms with Crippen LogP contribution in [-0.4, -0.2) is 41.7 Å². The molecule has 32 heavy (non-hydrogen) atoms. The van der Waals surface area contributed by atoms with Crippen LogP contribution in [0.3, 0.4) is 0 Å². The number of ether oxygens (including phenoxy) is 1. The summed E-state index contributed by atoms with van der Waals surface area (Å²) in [6.07, 6.45) is -0.468. The summed E-state index contributed by atoms with van der Waals surface area (Å²) in [7, 11) is 0. The number of nitrogens with one attached hydrogen (secondary N) is 3. The van der Waals surface area contributed by atoms with Gasteiger partial charge in [-0.15, -0.1) is 0 Å². The number of alkyl carbamates (subject to hydrolysis) is 1. The first-order valence-electron chi connectivity index (χ1n) is 10.0. The predicted molar refractivity (Wildman–Crippen MR) is 123 cm³/mol. The number of carbonyl (C=O) groups is 2. The van der Waals surface area contributed by atoms with Crippen LogP contribution in [0.15, 0.2) is 48.5 Å². The second-order valence-corrected chi connectivity index (χ2v) is 8.46. The molecule has 9 nitrogen and oxygen atoms in total. The number of anilines is 1. The Hall–Kier alpha value is -3.33. The molecule has 0 spiro atoms. The maximum Gasteiger partial charge on any atom is 0.408 e. The summed E-state index contributed by atoms with van der Waals surface area (Å²) in [4.78, 5) is 35.6. The summed E-state index contributed by atoms with van der Waals surface area (Å²) < 4.78 is 5.27.